The van der Waals surface area contributed by atoms with Crippen LogP contribution in [0.15, 0.2) is 18.2 Å². The van der Waals surface area contributed by atoms with Crippen molar-refractivity contribution in [2.24, 2.45) is 0 Å². The number of benzene rings is 1. The van der Waals surface area contributed by atoms with E-state index in [4.69, 9.17) is 0 Å². The van der Waals surface area contributed by atoms with Crippen molar-refractivity contribution in [2.45, 2.75) is 0 Å². The Bertz CT molecular complexity index is 405. The van der Waals surface area contributed by atoms with Gasteiger partial charge in [0, 0.05) is 6.07 Å². The van der Waals surface area contributed by atoms with Crippen molar-refractivity contribution in [3.05, 3.63) is 34.1 Å². The van der Waals surface area contributed by atoms with Crippen LogP contribution >= 0.6 is 0 Å². The van der Waals surface area contributed by atoms with E-state index < -0.39 is 10.7 Å². The summed E-state index contributed by atoms with van der Waals surface area (Å²) in [5.41, 5.74) is 0.253. The summed E-state index contributed by atoms with van der Waals surface area (Å²) in [5.74, 6) is -0.517. The molecule has 86 valence electrons. The zero-order chi connectivity index (χ0) is 11.5. The second-order valence-corrected chi connectivity index (χ2v) is 3.75. The highest BCUT2D eigenvalue weighted by Gasteiger charge is 2.18. The molecule has 16 heavy (non-hydrogen) atoms. The number of nitrogens with two attached hydrogens (primary N) is 1. The second-order valence-electron chi connectivity index (χ2n) is 3.75. The first-order valence-corrected chi connectivity index (χ1v) is 5.19. The summed E-state index contributed by atoms with van der Waals surface area (Å²) < 4.78 is 13.6. The summed E-state index contributed by atoms with van der Waals surface area (Å²) in [6, 6.07) is 3.81. The Morgan fingerprint density at radius 2 is 2.06 bits per heavy atom. The molecule has 1 aromatic rings. The number of nitro groups is 1. The predicted octanol–water partition coefficient (Wildman–Crippen LogP) is 0.117. The van der Waals surface area contributed by atoms with E-state index in [-0.39, 0.29) is 5.69 Å². The molecule has 1 heterocycles. The fourth-order valence-corrected chi connectivity index (χ4v) is 1.86. The maximum Gasteiger partial charge on any atom is 0.272 e. The Balaban J connectivity index is 2.24. The highest BCUT2D eigenvalue weighted by Crippen LogP contribution is 2.23. The van der Waals surface area contributed by atoms with E-state index in [1.54, 1.807) is 0 Å². The molecule has 1 fully saturated rings. The zero-order valence-corrected chi connectivity index (χ0v) is 8.73. The van der Waals surface area contributed by atoms with E-state index >= 15 is 0 Å². The number of hydrogen-bond acceptors (Lipinski definition) is 3. The third-order valence-corrected chi connectivity index (χ3v) is 2.69. The van der Waals surface area contributed by atoms with E-state index in [0.717, 1.165) is 32.2 Å². The summed E-state index contributed by atoms with van der Waals surface area (Å²) in [6.07, 6.45) is 0. The van der Waals surface area contributed by atoms with E-state index in [2.05, 4.69) is 5.32 Å². The van der Waals surface area contributed by atoms with Gasteiger partial charge in [0.2, 0.25) is 0 Å². The quantitative estimate of drug-likeness (QED) is 0.575. The Morgan fingerprint density at radius 1 is 1.38 bits per heavy atom. The number of quaternary nitrogens is 1. The van der Waals surface area contributed by atoms with Crippen LogP contribution in [0.5, 0.6) is 0 Å². The molecule has 1 aliphatic heterocycles. The Hall–Kier alpha value is -1.69. The van der Waals surface area contributed by atoms with Gasteiger partial charge in [0.15, 0.2) is 5.82 Å². The van der Waals surface area contributed by atoms with Gasteiger partial charge in [0.25, 0.3) is 5.69 Å². The molecule has 5 nitrogen and oxygen atoms in total. The smallest absolute Gasteiger partial charge is 0.272 e. The number of nitrogens with zero attached hydrogens (tertiary/aromatic N) is 2. The van der Waals surface area contributed by atoms with Crippen molar-refractivity contribution in [3.8, 4) is 0 Å². The van der Waals surface area contributed by atoms with Crippen LogP contribution in [0, 0.1) is 15.9 Å². The molecule has 2 N–H and O–H groups in total. The number of anilines is 1. The van der Waals surface area contributed by atoms with Gasteiger partial charge in [-0.1, -0.05) is 0 Å². The van der Waals surface area contributed by atoms with Crippen molar-refractivity contribution in [1.29, 1.82) is 0 Å². The molecule has 1 saturated heterocycles. The lowest BCUT2D eigenvalue weighted by Gasteiger charge is -2.27. The minimum atomic E-state index is -0.586. The standard InChI is InChI=1S/C10H12FN3O2/c11-9-7-8(14(15)16)1-2-10(9)13-5-3-12-4-6-13/h1-2,7,12H,3-6H2/p+1. The fraction of sp³-hybridized carbons (Fsp3) is 0.400. The number of nitro benzene ring substituents is 1. The molecule has 0 radical (unpaired) electrons. The second kappa shape index (κ2) is 4.44. The minimum absolute atomic E-state index is 0.204. The fourth-order valence-electron chi connectivity index (χ4n) is 1.86. The highest BCUT2D eigenvalue weighted by molar-refractivity contribution is 5.52. The van der Waals surface area contributed by atoms with Gasteiger partial charge >= 0.3 is 0 Å². The topological polar surface area (TPSA) is 63.0 Å². The van der Waals surface area contributed by atoms with Crippen molar-refractivity contribution in [1.82, 2.24) is 0 Å². The average molecular weight is 226 g/mol. The van der Waals surface area contributed by atoms with Crippen LogP contribution in [0.4, 0.5) is 15.8 Å². The van der Waals surface area contributed by atoms with Crippen LogP contribution in [0.25, 0.3) is 0 Å². The molecule has 0 unspecified atom stereocenters. The van der Waals surface area contributed by atoms with Crippen LogP contribution < -0.4 is 10.2 Å². The minimum Gasteiger partial charge on any atom is -0.358 e. The summed E-state index contributed by atoms with van der Waals surface area (Å²) >= 11 is 0. The van der Waals surface area contributed by atoms with E-state index in [9.17, 15) is 14.5 Å². The molecule has 0 saturated carbocycles. The number of non-ortho nitro benzene ring substituents is 1. The molecule has 0 atom stereocenters. The first-order valence-electron chi connectivity index (χ1n) is 5.19. The SMILES string of the molecule is O=[N+]([O-])c1ccc(N2CC[NH2+]CC2)c(F)c1. The lowest BCUT2D eigenvalue weighted by atomic mass is 10.2. The summed E-state index contributed by atoms with van der Waals surface area (Å²) in [4.78, 5) is 11.8. The van der Waals surface area contributed by atoms with E-state index in [1.165, 1.54) is 12.1 Å². The maximum absolute atomic E-state index is 13.6. The third kappa shape index (κ3) is 2.11. The van der Waals surface area contributed by atoms with E-state index in [0.29, 0.717) is 5.69 Å². The molecular weight excluding hydrogens is 213 g/mol. The third-order valence-electron chi connectivity index (χ3n) is 2.69. The first-order chi connectivity index (χ1) is 7.68. The van der Waals surface area contributed by atoms with Gasteiger partial charge in [-0.25, -0.2) is 4.39 Å². The molecule has 0 aromatic heterocycles. The lowest BCUT2D eigenvalue weighted by Crippen LogP contribution is -2.89. The Morgan fingerprint density at radius 3 is 2.62 bits per heavy atom. The van der Waals surface area contributed by atoms with Gasteiger partial charge in [-0.15, -0.1) is 0 Å². The molecular formula is C10H13FN3O2+. The normalized spacial score (nSPS) is 16.2. The molecule has 0 amide bonds. The van der Waals surface area contributed by atoms with Gasteiger partial charge in [-0.05, 0) is 6.07 Å². The van der Waals surface area contributed by atoms with Crippen LogP contribution in [0.2, 0.25) is 0 Å². The summed E-state index contributed by atoms with van der Waals surface area (Å²) in [6.45, 7) is 3.40. The van der Waals surface area contributed by atoms with Crippen LogP contribution in [-0.2, 0) is 0 Å². The van der Waals surface area contributed by atoms with Gasteiger partial charge in [0.1, 0.15) is 0 Å². The summed E-state index contributed by atoms with van der Waals surface area (Å²) in [5, 5.41) is 12.6. The molecule has 0 bridgehead atoms. The van der Waals surface area contributed by atoms with Gasteiger partial charge in [0.05, 0.1) is 42.9 Å². The van der Waals surface area contributed by atoms with Crippen molar-refractivity contribution in [2.75, 3.05) is 31.1 Å². The molecule has 1 aromatic carbocycles. The average Bonchev–Trinajstić information content (AvgIpc) is 2.30. The van der Waals surface area contributed by atoms with Gasteiger partial charge in [-0.2, -0.15) is 0 Å². The van der Waals surface area contributed by atoms with Crippen LogP contribution in [0.3, 0.4) is 0 Å². The zero-order valence-electron chi connectivity index (χ0n) is 8.73. The van der Waals surface area contributed by atoms with E-state index in [1.807, 2.05) is 4.90 Å². The molecule has 6 heteroatoms. The molecule has 0 aliphatic carbocycles. The van der Waals surface area contributed by atoms with Crippen LogP contribution in [0.1, 0.15) is 0 Å². The van der Waals surface area contributed by atoms with Crippen molar-refractivity contribution in [3.63, 3.8) is 0 Å². The maximum atomic E-state index is 13.6. The monoisotopic (exact) mass is 226 g/mol. The highest BCUT2D eigenvalue weighted by atomic mass is 19.1. The molecule has 2 rings (SSSR count). The van der Waals surface area contributed by atoms with Crippen molar-refractivity contribution < 1.29 is 14.6 Å². The van der Waals surface area contributed by atoms with Gasteiger partial charge < -0.3 is 10.2 Å². The summed E-state index contributed by atoms with van der Waals surface area (Å²) in [7, 11) is 0. The van der Waals surface area contributed by atoms with Crippen LogP contribution in [-0.4, -0.2) is 31.1 Å². The Labute approximate surface area is 92.0 Å². The number of piperazine rings is 1. The van der Waals surface area contributed by atoms with Crippen molar-refractivity contribution >= 4 is 11.4 Å². The number of rotatable bonds is 2. The predicted molar refractivity (Wildman–Crippen MR) is 56.9 cm³/mol. The Kier molecular flexibility index (Phi) is 3.00. The molecule has 0 spiro atoms. The van der Waals surface area contributed by atoms with Gasteiger partial charge in [-0.3, -0.25) is 10.1 Å². The largest absolute Gasteiger partial charge is 0.358 e. The number of halogens is 1. The lowest BCUT2D eigenvalue weighted by molar-refractivity contribution is -0.655. The molecule has 1 aliphatic rings. The number of hydrogen-bond donors (Lipinski definition) is 1. The first kappa shape index (κ1) is 10.8.